The van der Waals surface area contributed by atoms with Crippen LogP contribution in [0.15, 0.2) is 28.7 Å². The van der Waals surface area contributed by atoms with E-state index in [1.165, 1.54) is 18.2 Å². The Morgan fingerprint density at radius 2 is 1.94 bits per heavy atom. The van der Waals surface area contributed by atoms with Gasteiger partial charge in [0.1, 0.15) is 34.3 Å². The van der Waals surface area contributed by atoms with Crippen LogP contribution >= 0.6 is 0 Å². The lowest BCUT2D eigenvalue weighted by Crippen LogP contribution is -2.27. The van der Waals surface area contributed by atoms with Crippen molar-refractivity contribution in [2.24, 2.45) is 4.40 Å². The Bertz CT molecular complexity index is 415. The van der Waals surface area contributed by atoms with Gasteiger partial charge in [0.15, 0.2) is 0 Å². The molecule has 0 aliphatic heterocycles. The Balaban J connectivity index is 3.08. The smallest absolute Gasteiger partial charge is 0.144 e. The monoisotopic (exact) mass is 259 g/mol. The molecule has 1 aromatic rings. The van der Waals surface area contributed by atoms with Gasteiger partial charge in [-0.05, 0) is 32.9 Å². The van der Waals surface area contributed by atoms with Crippen molar-refractivity contribution in [3.8, 4) is 0 Å². The van der Waals surface area contributed by atoms with Crippen LogP contribution in [0.5, 0.6) is 0 Å². The number of rotatable bonds is 3. The van der Waals surface area contributed by atoms with E-state index in [-0.39, 0.29) is 11.3 Å². The molecule has 0 fully saturated rings. The van der Waals surface area contributed by atoms with Crippen molar-refractivity contribution >= 4 is 17.1 Å². The van der Waals surface area contributed by atoms with Gasteiger partial charge in [0.25, 0.3) is 0 Å². The van der Waals surface area contributed by atoms with E-state index in [0.29, 0.717) is 0 Å². The fraction of sp³-hybridized carbons (Fsp3) is 0.417. The van der Waals surface area contributed by atoms with Crippen LogP contribution < -0.4 is 0 Å². The van der Waals surface area contributed by atoms with Crippen molar-refractivity contribution in [3.63, 3.8) is 0 Å². The van der Waals surface area contributed by atoms with E-state index < -0.39 is 28.6 Å². The molecule has 0 aliphatic rings. The molecule has 0 N–H and O–H groups in total. The van der Waals surface area contributed by atoms with Gasteiger partial charge in [-0.25, -0.2) is 8.78 Å². The quantitative estimate of drug-likeness (QED) is 0.607. The lowest BCUT2D eigenvalue weighted by atomic mass is 10.1. The van der Waals surface area contributed by atoms with E-state index in [1.54, 1.807) is 26.8 Å². The summed E-state index contributed by atoms with van der Waals surface area (Å²) >= 11 is -1.59. The van der Waals surface area contributed by atoms with Crippen molar-refractivity contribution in [2.75, 3.05) is 6.67 Å². The standard InChI is InChI=1S/C12H15F2NOS/c1-12(2,3)17(16)15-11(8-13)9-6-4-5-7-10(9)14/h4-7H,8H2,1-3H3/t17-/m1/s1. The van der Waals surface area contributed by atoms with Crippen molar-refractivity contribution in [1.29, 1.82) is 0 Å². The Labute approximate surface area is 103 Å². The molecule has 0 heterocycles. The number of hydrogen-bond donors (Lipinski definition) is 0. The van der Waals surface area contributed by atoms with Crippen LogP contribution in [0.2, 0.25) is 0 Å². The summed E-state index contributed by atoms with van der Waals surface area (Å²) in [7, 11) is 0. The molecular weight excluding hydrogens is 244 g/mol. The van der Waals surface area contributed by atoms with Gasteiger partial charge in [-0.3, -0.25) is 0 Å². The van der Waals surface area contributed by atoms with Crippen LogP contribution in [0.4, 0.5) is 8.78 Å². The minimum absolute atomic E-state index is 0.0626. The topological polar surface area (TPSA) is 35.4 Å². The SMILES string of the molecule is CC(C)(C)[S@@+]([O-])N=C(CF)c1ccccc1F. The normalized spacial score (nSPS) is 14.8. The average Bonchev–Trinajstić information content (AvgIpc) is 2.25. The van der Waals surface area contributed by atoms with Crippen molar-refractivity contribution < 1.29 is 13.3 Å². The zero-order valence-electron chi connectivity index (χ0n) is 10.0. The number of hydrogen-bond acceptors (Lipinski definition) is 2. The first-order valence-corrected chi connectivity index (χ1v) is 6.27. The molecule has 0 aliphatic carbocycles. The Hall–Kier alpha value is -0.940. The molecule has 17 heavy (non-hydrogen) atoms. The van der Waals surface area contributed by atoms with Crippen LogP contribution in [-0.4, -0.2) is 21.7 Å². The molecule has 0 bridgehead atoms. The average molecular weight is 259 g/mol. The van der Waals surface area contributed by atoms with Gasteiger partial charge < -0.3 is 4.55 Å². The van der Waals surface area contributed by atoms with Gasteiger partial charge in [-0.2, -0.15) is 0 Å². The lowest BCUT2D eigenvalue weighted by Gasteiger charge is -2.19. The molecule has 1 aromatic carbocycles. The molecule has 1 rings (SSSR count). The summed E-state index contributed by atoms with van der Waals surface area (Å²) in [4.78, 5) is 0. The minimum atomic E-state index is -1.59. The second kappa shape index (κ2) is 5.60. The predicted molar refractivity (Wildman–Crippen MR) is 66.8 cm³/mol. The summed E-state index contributed by atoms with van der Waals surface area (Å²) in [5.74, 6) is -0.560. The summed E-state index contributed by atoms with van der Waals surface area (Å²) in [6.07, 6.45) is 0. The summed E-state index contributed by atoms with van der Waals surface area (Å²) in [5.41, 5.74) is -0.0519. The number of benzene rings is 1. The highest BCUT2D eigenvalue weighted by Crippen LogP contribution is 2.19. The summed E-state index contributed by atoms with van der Waals surface area (Å²) in [5, 5.41) is 0. The lowest BCUT2D eigenvalue weighted by molar-refractivity contribution is 0.557. The molecule has 0 amide bonds. The first-order valence-electron chi connectivity index (χ1n) is 5.16. The van der Waals surface area contributed by atoms with E-state index >= 15 is 0 Å². The molecular formula is C12H15F2NOS. The van der Waals surface area contributed by atoms with E-state index in [9.17, 15) is 13.3 Å². The summed E-state index contributed by atoms with van der Waals surface area (Å²) in [6, 6.07) is 5.74. The largest absolute Gasteiger partial charge is 0.591 e. The number of alkyl halides is 1. The van der Waals surface area contributed by atoms with Gasteiger partial charge in [-0.15, -0.1) is 0 Å². The molecule has 0 radical (unpaired) electrons. The number of nitrogens with zero attached hydrogens (tertiary/aromatic N) is 1. The first-order chi connectivity index (χ1) is 7.86. The Kier molecular flexibility index (Phi) is 4.65. The third-order valence-electron chi connectivity index (χ3n) is 2.03. The Morgan fingerprint density at radius 1 is 1.35 bits per heavy atom. The molecule has 1 atom stereocenters. The molecule has 0 aromatic heterocycles. The molecule has 0 unspecified atom stereocenters. The molecule has 0 spiro atoms. The summed E-state index contributed by atoms with van der Waals surface area (Å²) < 4.78 is 41.2. The number of halogens is 2. The second-order valence-electron chi connectivity index (χ2n) is 4.51. The zero-order chi connectivity index (χ0) is 13.1. The second-order valence-corrected chi connectivity index (χ2v) is 6.42. The molecule has 5 heteroatoms. The van der Waals surface area contributed by atoms with Gasteiger partial charge in [0.2, 0.25) is 0 Å². The van der Waals surface area contributed by atoms with E-state index in [1.807, 2.05) is 0 Å². The predicted octanol–water partition coefficient (Wildman–Crippen LogP) is 3.05. The Morgan fingerprint density at radius 3 is 2.41 bits per heavy atom. The maximum Gasteiger partial charge on any atom is 0.144 e. The van der Waals surface area contributed by atoms with Crippen LogP contribution in [-0.2, 0) is 11.4 Å². The summed E-state index contributed by atoms with van der Waals surface area (Å²) in [6.45, 7) is 4.24. The van der Waals surface area contributed by atoms with E-state index in [4.69, 9.17) is 0 Å². The fourth-order valence-corrected chi connectivity index (χ4v) is 1.70. The minimum Gasteiger partial charge on any atom is -0.591 e. The highest BCUT2D eigenvalue weighted by Gasteiger charge is 2.27. The van der Waals surface area contributed by atoms with Gasteiger partial charge in [0.05, 0.1) is 0 Å². The molecule has 0 saturated heterocycles. The van der Waals surface area contributed by atoms with Crippen LogP contribution in [0.25, 0.3) is 0 Å². The maximum atomic E-state index is 13.4. The fourth-order valence-electron chi connectivity index (χ4n) is 1.08. The van der Waals surface area contributed by atoms with Crippen LogP contribution in [0, 0.1) is 5.82 Å². The zero-order valence-corrected chi connectivity index (χ0v) is 10.9. The molecule has 2 nitrogen and oxygen atoms in total. The first kappa shape index (κ1) is 14.1. The highest BCUT2D eigenvalue weighted by molar-refractivity contribution is 7.91. The van der Waals surface area contributed by atoms with Crippen molar-refractivity contribution in [2.45, 2.75) is 25.5 Å². The van der Waals surface area contributed by atoms with E-state index in [2.05, 4.69) is 4.40 Å². The van der Waals surface area contributed by atoms with Crippen molar-refractivity contribution in [1.82, 2.24) is 0 Å². The maximum absolute atomic E-state index is 13.4. The van der Waals surface area contributed by atoms with Gasteiger partial charge >= 0.3 is 0 Å². The third-order valence-corrected chi connectivity index (χ3v) is 3.46. The third kappa shape index (κ3) is 3.78. The van der Waals surface area contributed by atoms with Gasteiger partial charge in [-0.1, -0.05) is 16.5 Å². The van der Waals surface area contributed by atoms with Gasteiger partial charge in [0, 0.05) is 5.56 Å². The van der Waals surface area contributed by atoms with Crippen molar-refractivity contribution in [3.05, 3.63) is 35.6 Å². The molecule has 0 saturated carbocycles. The molecule has 94 valence electrons. The van der Waals surface area contributed by atoms with E-state index in [0.717, 1.165) is 0 Å². The van der Waals surface area contributed by atoms with Crippen LogP contribution in [0.3, 0.4) is 0 Å². The van der Waals surface area contributed by atoms with Crippen LogP contribution in [0.1, 0.15) is 26.3 Å². The highest BCUT2D eigenvalue weighted by atomic mass is 32.2.